The van der Waals surface area contributed by atoms with Crippen LogP contribution in [0, 0.1) is 13.8 Å². The molecule has 0 aromatic heterocycles. The molecule has 0 aliphatic heterocycles. The second-order valence-corrected chi connectivity index (χ2v) is 1.77. The van der Waals surface area contributed by atoms with Gasteiger partial charge in [0.2, 0.25) is 0 Å². The van der Waals surface area contributed by atoms with E-state index < -0.39 is 0 Å². The van der Waals surface area contributed by atoms with E-state index in [1.807, 2.05) is 24.3 Å². The molecule has 0 saturated heterocycles. The van der Waals surface area contributed by atoms with Gasteiger partial charge in [-0.05, 0) is 0 Å². The summed E-state index contributed by atoms with van der Waals surface area (Å²) in [6, 6.07) is 7.80. The van der Waals surface area contributed by atoms with Crippen LogP contribution in [0.15, 0.2) is 24.3 Å². The zero-order chi connectivity index (χ0) is 5.98. The third-order valence-corrected chi connectivity index (χ3v) is 1.12. The van der Waals surface area contributed by atoms with Crippen LogP contribution in [0.3, 0.4) is 0 Å². The van der Waals surface area contributed by atoms with Gasteiger partial charge in [-0.3, -0.25) is 25.0 Å². The molecule has 0 fully saturated rings. The second kappa shape index (κ2) is 6.07. The van der Waals surface area contributed by atoms with E-state index in [1.54, 1.807) is 0 Å². The summed E-state index contributed by atoms with van der Waals surface area (Å²) < 4.78 is 0. The first kappa shape index (κ1) is 13.0. The van der Waals surface area contributed by atoms with Crippen molar-refractivity contribution in [2.24, 2.45) is 0 Å². The van der Waals surface area contributed by atoms with Gasteiger partial charge < -0.3 is 0 Å². The molecule has 0 saturated carbocycles. The Hall–Kier alpha value is 0.337. The number of benzene rings is 1. The van der Waals surface area contributed by atoms with Crippen LogP contribution in [0.2, 0.25) is 0 Å². The molecule has 0 unspecified atom stereocenters. The minimum absolute atomic E-state index is 0. The van der Waals surface area contributed by atoms with Crippen molar-refractivity contribution < 1.29 is 42.1 Å². The fraction of sp³-hybridized carbons (Fsp3) is 0. The molecule has 0 heterocycles. The van der Waals surface area contributed by atoms with Crippen LogP contribution in [-0.4, -0.2) is 0 Å². The van der Waals surface area contributed by atoms with Gasteiger partial charge in [-0.15, -0.1) is 12.1 Å². The van der Waals surface area contributed by atoms with Crippen molar-refractivity contribution in [3.05, 3.63) is 49.2 Å². The maximum absolute atomic E-state index is 3.76. The zero-order valence-electron chi connectivity index (χ0n) is 5.54. The quantitative estimate of drug-likeness (QED) is 0.508. The van der Waals surface area contributed by atoms with E-state index in [-0.39, 0.29) is 42.1 Å². The SMILES string of the molecule is [CH2-]c1ccccc1[CH2-].[W].[W]. The Bertz CT molecular complexity index is 163. The van der Waals surface area contributed by atoms with Gasteiger partial charge in [0.1, 0.15) is 0 Å². The van der Waals surface area contributed by atoms with Crippen LogP contribution in [-0.2, 0) is 42.1 Å². The van der Waals surface area contributed by atoms with E-state index in [4.69, 9.17) is 0 Å². The van der Waals surface area contributed by atoms with Gasteiger partial charge >= 0.3 is 0 Å². The second-order valence-electron chi connectivity index (χ2n) is 1.77. The molecule has 54 valence electrons. The van der Waals surface area contributed by atoms with Crippen molar-refractivity contribution in [3.8, 4) is 0 Å². The van der Waals surface area contributed by atoms with Crippen LogP contribution in [0.1, 0.15) is 11.1 Å². The van der Waals surface area contributed by atoms with Crippen LogP contribution in [0.25, 0.3) is 0 Å². The van der Waals surface area contributed by atoms with Crippen molar-refractivity contribution in [2.75, 3.05) is 0 Å². The summed E-state index contributed by atoms with van der Waals surface area (Å²) in [4.78, 5) is 0. The molecule has 0 nitrogen and oxygen atoms in total. The largest absolute Gasteiger partial charge is 0.299 e. The molecule has 0 aliphatic rings. The van der Waals surface area contributed by atoms with Crippen molar-refractivity contribution in [1.82, 2.24) is 0 Å². The average molecular weight is 472 g/mol. The molecule has 1 aromatic rings. The number of hydrogen-bond donors (Lipinski definition) is 0. The Morgan fingerprint density at radius 2 is 1.10 bits per heavy atom. The fourth-order valence-electron chi connectivity index (χ4n) is 0.557. The maximum atomic E-state index is 3.76. The van der Waals surface area contributed by atoms with Gasteiger partial charge in [-0.1, -0.05) is 0 Å². The standard InChI is InChI=1S/C8H8.2W/c1-7-5-3-4-6-8(7)2;;/h3-6H,1-2H2;;/q-2;;. The predicted molar refractivity (Wildman–Crippen MR) is 35.4 cm³/mol. The summed E-state index contributed by atoms with van der Waals surface area (Å²) >= 11 is 0. The van der Waals surface area contributed by atoms with E-state index in [0.29, 0.717) is 0 Å². The van der Waals surface area contributed by atoms with Gasteiger partial charge in [0.25, 0.3) is 0 Å². The average Bonchev–Trinajstić information content (AvgIpc) is 1.77. The number of hydrogen-bond acceptors (Lipinski definition) is 0. The Balaban J connectivity index is 0. The maximum Gasteiger partial charge on any atom is 0 e. The van der Waals surface area contributed by atoms with Gasteiger partial charge in [-0.2, -0.15) is 0 Å². The topological polar surface area (TPSA) is 0 Å². The van der Waals surface area contributed by atoms with Gasteiger partial charge in [0, 0.05) is 42.1 Å². The summed E-state index contributed by atoms with van der Waals surface area (Å²) in [5.74, 6) is 0. The normalized spacial score (nSPS) is 7.20. The molecule has 1 aromatic carbocycles. The molecule has 0 aliphatic carbocycles. The molecule has 10 heavy (non-hydrogen) atoms. The fourth-order valence-corrected chi connectivity index (χ4v) is 0.557. The minimum atomic E-state index is 0. The van der Waals surface area contributed by atoms with Crippen molar-refractivity contribution in [1.29, 1.82) is 0 Å². The smallest absolute Gasteiger partial charge is 0 e. The Kier molecular flexibility index (Phi) is 7.87. The third kappa shape index (κ3) is 3.49. The first-order valence-electron chi connectivity index (χ1n) is 2.53. The monoisotopic (exact) mass is 472 g/mol. The number of rotatable bonds is 0. The molecular formula is C8H8W2-2. The predicted octanol–water partition coefficient (Wildman–Crippen LogP) is 2.05. The van der Waals surface area contributed by atoms with Crippen molar-refractivity contribution >= 4 is 0 Å². The minimum Gasteiger partial charge on any atom is -0.299 e. The molecule has 0 bridgehead atoms. The van der Waals surface area contributed by atoms with E-state index >= 15 is 0 Å². The van der Waals surface area contributed by atoms with Gasteiger partial charge in [-0.25, -0.2) is 12.1 Å². The van der Waals surface area contributed by atoms with Crippen LogP contribution in [0.5, 0.6) is 0 Å². The third-order valence-electron chi connectivity index (χ3n) is 1.12. The molecular weight excluding hydrogens is 464 g/mol. The first-order chi connectivity index (χ1) is 3.80. The van der Waals surface area contributed by atoms with Crippen molar-refractivity contribution in [2.45, 2.75) is 0 Å². The Morgan fingerprint density at radius 3 is 1.30 bits per heavy atom. The Labute approximate surface area is 90.9 Å². The first-order valence-corrected chi connectivity index (χ1v) is 2.53. The van der Waals surface area contributed by atoms with Crippen LogP contribution < -0.4 is 0 Å². The van der Waals surface area contributed by atoms with Crippen LogP contribution >= 0.6 is 0 Å². The van der Waals surface area contributed by atoms with Gasteiger partial charge in [0.05, 0.1) is 0 Å². The molecule has 0 radical (unpaired) electrons. The van der Waals surface area contributed by atoms with E-state index in [2.05, 4.69) is 13.8 Å². The summed E-state index contributed by atoms with van der Waals surface area (Å²) in [6.07, 6.45) is 0. The summed E-state index contributed by atoms with van der Waals surface area (Å²) in [7, 11) is 0. The summed E-state index contributed by atoms with van der Waals surface area (Å²) in [6.45, 7) is 7.52. The van der Waals surface area contributed by atoms with E-state index in [1.165, 1.54) is 0 Å². The molecule has 0 amide bonds. The molecule has 2 heteroatoms. The van der Waals surface area contributed by atoms with E-state index in [0.717, 1.165) is 11.1 Å². The van der Waals surface area contributed by atoms with Gasteiger partial charge in [0.15, 0.2) is 0 Å². The van der Waals surface area contributed by atoms with Crippen molar-refractivity contribution in [3.63, 3.8) is 0 Å². The molecule has 0 N–H and O–H groups in total. The van der Waals surface area contributed by atoms with E-state index in [9.17, 15) is 0 Å². The Morgan fingerprint density at radius 1 is 0.800 bits per heavy atom. The summed E-state index contributed by atoms with van der Waals surface area (Å²) in [5.41, 5.74) is 2.01. The molecule has 0 spiro atoms. The summed E-state index contributed by atoms with van der Waals surface area (Å²) in [5, 5.41) is 0. The zero-order valence-corrected chi connectivity index (χ0v) is 11.4. The van der Waals surface area contributed by atoms with Crippen LogP contribution in [0.4, 0.5) is 0 Å². The molecule has 0 atom stereocenters. The molecule has 1 rings (SSSR count).